The van der Waals surface area contributed by atoms with Crippen molar-refractivity contribution in [3.05, 3.63) is 46.1 Å². The van der Waals surface area contributed by atoms with Gasteiger partial charge in [0.2, 0.25) is 0 Å². The van der Waals surface area contributed by atoms with Crippen LogP contribution in [0.1, 0.15) is 18.9 Å². The molecular weight excluding hydrogens is 300 g/mol. The maximum absolute atomic E-state index is 3.67. The van der Waals surface area contributed by atoms with Gasteiger partial charge in [0.15, 0.2) is 0 Å². The van der Waals surface area contributed by atoms with Crippen molar-refractivity contribution >= 4 is 26.8 Å². The molecule has 3 rings (SSSR count). The minimum atomic E-state index is 0.606. The van der Waals surface area contributed by atoms with Crippen molar-refractivity contribution in [2.24, 2.45) is 0 Å². The maximum Gasteiger partial charge on any atom is 0.0468 e. The van der Waals surface area contributed by atoms with Gasteiger partial charge < -0.3 is 4.98 Å². The second-order valence-electron chi connectivity index (χ2n) is 5.54. The van der Waals surface area contributed by atoms with Crippen LogP contribution in [-0.2, 0) is 6.42 Å². The average Bonchev–Trinajstić information content (AvgIpc) is 2.77. The van der Waals surface area contributed by atoms with E-state index < -0.39 is 0 Å². The molecule has 0 spiro atoms. The fourth-order valence-corrected chi connectivity index (χ4v) is 3.59. The Kier molecular flexibility index (Phi) is 3.50. The van der Waals surface area contributed by atoms with E-state index in [2.05, 4.69) is 70.3 Å². The molecule has 1 aliphatic heterocycles. The van der Waals surface area contributed by atoms with E-state index in [4.69, 9.17) is 0 Å². The molecule has 0 bridgehead atoms. The van der Waals surface area contributed by atoms with Gasteiger partial charge in [-0.1, -0.05) is 33.6 Å². The highest BCUT2D eigenvalue weighted by molar-refractivity contribution is 9.10. The van der Waals surface area contributed by atoms with Gasteiger partial charge in [-0.3, -0.25) is 4.90 Å². The largest absolute Gasteiger partial charge is 0.361 e. The minimum absolute atomic E-state index is 0.606. The number of aromatic nitrogens is 1. The van der Waals surface area contributed by atoms with E-state index in [0.29, 0.717) is 6.04 Å². The van der Waals surface area contributed by atoms with Crippen molar-refractivity contribution in [3.8, 4) is 0 Å². The summed E-state index contributed by atoms with van der Waals surface area (Å²) in [6, 6.07) is 6.94. The van der Waals surface area contributed by atoms with Gasteiger partial charge in [0.05, 0.1) is 0 Å². The highest BCUT2D eigenvalue weighted by Crippen LogP contribution is 2.29. The standard InChI is InChI=1S/C16H19BrN2/c1-11-6-7-13(19(2)10-11)8-12-9-18-15-5-3-4-14(17)16(12)15/h3-6,9,13,18H,7-8,10H2,1-2H3/t13-/m0/s1. The third-order valence-electron chi connectivity index (χ3n) is 4.05. The van der Waals surface area contributed by atoms with Gasteiger partial charge in [0, 0.05) is 34.2 Å². The van der Waals surface area contributed by atoms with Crippen molar-refractivity contribution in [1.29, 1.82) is 0 Å². The van der Waals surface area contributed by atoms with Crippen LogP contribution in [0.2, 0.25) is 0 Å². The third kappa shape index (κ3) is 2.49. The number of H-pyrrole nitrogens is 1. The normalized spacial score (nSPS) is 20.8. The number of benzene rings is 1. The molecular formula is C16H19BrN2. The molecule has 19 heavy (non-hydrogen) atoms. The zero-order valence-electron chi connectivity index (χ0n) is 11.4. The van der Waals surface area contributed by atoms with Crippen molar-refractivity contribution in [2.75, 3.05) is 13.6 Å². The highest BCUT2D eigenvalue weighted by Gasteiger charge is 2.20. The first-order valence-corrected chi connectivity index (χ1v) is 7.55. The number of halogens is 1. The summed E-state index contributed by atoms with van der Waals surface area (Å²) >= 11 is 3.67. The van der Waals surface area contributed by atoms with Crippen molar-refractivity contribution < 1.29 is 0 Å². The molecule has 0 saturated heterocycles. The van der Waals surface area contributed by atoms with Crippen LogP contribution in [0.5, 0.6) is 0 Å². The van der Waals surface area contributed by atoms with Gasteiger partial charge in [-0.05, 0) is 44.5 Å². The van der Waals surface area contributed by atoms with Crippen LogP contribution < -0.4 is 0 Å². The fraction of sp³-hybridized carbons (Fsp3) is 0.375. The second kappa shape index (κ2) is 5.14. The van der Waals surface area contributed by atoms with Crippen LogP contribution in [-0.4, -0.2) is 29.5 Å². The lowest BCUT2D eigenvalue weighted by Crippen LogP contribution is -2.37. The van der Waals surface area contributed by atoms with Gasteiger partial charge in [-0.25, -0.2) is 0 Å². The van der Waals surface area contributed by atoms with Gasteiger partial charge in [0.25, 0.3) is 0 Å². The van der Waals surface area contributed by atoms with Crippen LogP contribution in [0, 0.1) is 0 Å². The average molecular weight is 319 g/mol. The third-order valence-corrected chi connectivity index (χ3v) is 4.71. The summed E-state index contributed by atoms with van der Waals surface area (Å²) in [4.78, 5) is 5.84. The lowest BCUT2D eigenvalue weighted by molar-refractivity contribution is 0.248. The van der Waals surface area contributed by atoms with Crippen LogP contribution in [0.15, 0.2) is 40.5 Å². The first kappa shape index (κ1) is 12.9. The molecule has 1 N–H and O–H groups in total. The molecule has 1 aromatic carbocycles. The Hall–Kier alpha value is -1.06. The Morgan fingerprint density at radius 3 is 3.05 bits per heavy atom. The highest BCUT2D eigenvalue weighted by atomic mass is 79.9. The Balaban J connectivity index is 1.90. The lowest BCUT2D eigenvalue weighted by atomic mass is 9.97. The number of hydrogen-bond donors (Lipinski definition) is 1. The van der Waals surface area contributed by atoms with Crippen molar-refractivity contribution in [3.63, 3.8) is 0 Å². The predicted octanol–water partition coefficient (Wildman–Crippen LogP) is 4.12. The first-order valence-electron chi connectivity index (χ1n) is 6.75. The summed E-state index contributed by atoms with van der Waals surface area (Å²) in [5.74, 6) is 0. The molecule has 0 radical (unpaired) electrons. The van der Waals surface area contributed by atoms with Crippen LogP contribution in [0.25, 0.3) is 10.9 Å². The SMILES string of the molecule is CC1=CC[C@@H](Cc2c[nH]c3cccc(Br)c23)N(C)C1. The molecule has 0 aliphatic carbocycles. The molecule has 0 saturated carbocycles. The number of rotatable bonds is 2. The number of aromatic amines is 1. The lowest BCUT2D eigenvalue weighted by Gasteiger charge is -2.31. The van der Waals surface area contributed by atoms with E-state index in [1.165, 1.54) is 26.5 Å². The molecule has 0 fully saturated rings. The van der Waals surface area contributed by atoms with Gasteiger partial charge in [0.1, 0.15) is 0 Å². The molecule has 1 atom stereocenters. The zero-order valence-corrected chi connectivity index (χ0v) is 13.0. The molecule has 1 aromatic heterocycles. The summed E-state index contributed by atoms with van der Waals surface area (Å²) in [5, 5.41) is 1.34. The molecule has 0 unspecified atom stereocenters. The second-order valence-corrected chi connectivity index (χ2v) is 6.39. The van der Waals surface area contributed by atoms with Crippen LogP contribution >= 0.6 is 15.9 Å². The topological polar surface area (TPSA) is 19.0 Å². The molecule has 3 heteroatoms. The van der Waals surface area contributed by atoms with E-state index >= 15 is 0 Å². The van der Waals surface area contributed by atoms with Crippen LogP contribution in [0.3, 0.4) is 0 Å². The fourth-order valence-electron chi connectivity index (χ4n) is 2.97. The summed E-state index contributed by atoms with van der Waals surface area (Å²) < 4.78 is 1.19. The van der Waals surface area contributed by atoms with E-state index in [-0.39, 0.29) is 0 Å². The summed E-state index contributed by atoms with van der Waals surface area (Å²) in [7, 11) is 2.23. The number of nitrogens with zero attached hydrogens (tertiary/aromatic N) is 1. The van der Waals surface area contributed by atoms with E-state index in [0.717, 1.165) is 19.4 Å². The number of likely N-dealkylation sites (N-methyl/N-ethyl adjacent to an activating group) is 1. The zero-order chi connectivity index (χ0) is 13.4. The maximum atomic E-state index is 3.67. The Bertz CT molecular complexity index is 627. The molecule has 1 aliphatic rings. The summed E-state index contributed by atoms with van der Waals surface area (Å²) in [5.41, 5.74) is 4.11. The Morgan fingerprint density at radius 2 is 2.26 bits per heavy atom. The molecule has 0 amide bonds. The Labute approximate surface area is 122 Å². The molecule has 100 valence electrons. The minimum Gasteiger partial charge on any atom is -0.361 e. The quantitative estimate of drug-likeness (QED) is 0.825. The molecule has 2 nitrogen and oxygen atoms in total. The number of hydrogen-bond acceptors (Lipinski definition) is 1. The van der Waals surface area contributed by atoms with E-state index in [1.54, 1.807) is 0 Å². The van der Waals surface area contributed by atoms with Crippen molar-refractivity contribution in [1.82, 2.24) is 9.88 Å². The smallest absolute Gasteiger partial charge is 0.0468 e. The van der Waals surface area contributed by atoms with Gasteiger partial charge in [-0.2, -0.15) is 0 Å². The predicted molar refractivity (Wildman–Crippen MR) is 84.5 cm³/mol. The van der Waals surface area contributed by atoms with E-state index in [1.807, 2.05) is 0 Å². The van der Waals surface area contributed by atoms with Crippen LogP contribution in [0.4, 0.5) is 0 Å². The monoisotopic (exact) mass is 318 g/mol. The number of fused-ring (bicyclic) bond motifs is 1. The van der Waals surface area contributed by atoms with E-state index in [9.17, 15) is 0 Å². The van der Waals surface area contributed by atoms with Gasteiger partial charge in [-0.15, -0.1) is 0 Å². The first-order chi connectivity index (χ1) is 9.15. The Morgan fingerprint density at radius 1 is 1.42 bits per heavy atom. The summed E-state index contributed by atoms with van der Waals surface area (Å²) in [6.07, 6.45) is 6.80. The van der Waals surface area contributed by atoms with Crippen molar-refractivity contribution in [2.45, 2.75) is 25.8 Å². The van der Waals surface area contributed by atoms with Gasteiger partial charge >= 0.3 is 0 Å². The summed E-state index contributed by atoms with van der Waals surface area (Å²) in [6.45, 7) is 3.31. The molecule has 2 aromatic rings. The number of nitrogens with one attached hydrogen (secondary N) is 1. The molecule has 2 heterocycles.